The molecule has 0 spiro atoms. The molecule has 0 bridgehead atoms. The van der Waals surface area contributed by atoms with E-state index in [0.717, 1.165) is 18.5 Å². The van der Waals surface area contributed by atoms with Crippen molar-refractivity contribution in [1.29, 1.82) is 0 Å². The Morgan fingerprint density at radius 3 is 2.22 bits per heavy atom. The van der Waals surface area contributed by atoms with E-state index in [0.29, 0.717) is 29.4 Å². The number of nitrogens with one attached hydrogen (secondary N) is 6. The number of carbonyl (C=O) groups is 4. The van der Waals surface area contributed by atoms with Crippen LogP contribution in [0.1, 0.15) is 48.5 Å². The zero-order valence-electron chi connectivity index (χ0n) is 29.2. The lowest BCUT2D eigenvalue weighted by atomic mass is 10.1. The summed E-state index contributed by atoms with van der Waals surface area (Å²) in [5.41, 5.74) is 0.989. The number of anilines is 5. The van der Waals surface area contributed by atoms with Crippen LogP contribution in [-0.4, -0.2) is 80.6 Å². The number of amides is 3. The number of halogens is 4. The van der Waals surface area contributed by atoms with Gasteiger partial charge < -0.3 is 41.7 Å². The number of ether oxygens (including phenoxy) is 1. The first-order chi connectivity index (χ1) is 26.2. The van der Waals surface area contributed by atoms with E-state index in [4.69, 9.17) is 16.3 Å². The molecular weight excluding hydrogens is 749 g/mol. The predicted molar refractivity (Wildman–Crippen MR) is 195 cm³/mol. The van der Waals surface area contributed by atoms with E-state index >= 15 is 0 Å². The van der Waals surface area contributed by atoms with E-state index in [-0.39, 0.29) is 36.1 Å². The zero-order chi connectivity index (χ0) is 39.6. The summed E-state index contributed by atoms with van der Waals surface area (Å²) >= 11 is 6.02. The molecule has 7 N–H and O–H groups in total. The van der Waals surface area contributed by atoms with Crippen LogP contribution in [0.2, 0.25) is 5.02 Å². The molecule has 4 aromatic rings. The van der Waals surface area contributed by atoms with Crippen LogP contribution < -0.4 is 36.6 Å². The fourth-order valence-electron chi connectivity index (χ4n) is 5.03. The quantitative estimate of drug-likeness (QED) is 0.0713. The summed E-state index contributed by atoms with van der Waals surface area (Å²) in [4.78, 5) is 65.8. The number of benzene rings is 2. The van der Waals surface area contributed by atoms with Crippen molar-refractivity contribution in [2.24, 2.45) is 0 Å². The molecule has 0 aliphatic heterocycles. The Hall–Kier alpha value is -6.24. The first kappa shape index (κ1) is 40.0. The number of carboxylic acids is 1. The van der Waals surface area contributed by atoms with Gasteiger partial charge in [0.1, 0.15) is 11.9 Å². The molecule has 2 heterocycles. The van der Waals surface area contributed by atoms with Crippen LogP contribution in [0.25, 0.3) is 0 Å². The average Bonchev–Trinajstić information content (AvgIpc) is 3.93. The molecule has 0 unspecified atom stereocenters. The second-order valence-corrected chi connectivity index (χ2v) is 12.7. The van der Waals surface area contributed by atoms with Crippen molar-refractivity contribution in [3.05, 3.63) is 83.0 Å². The van der Waals surface area contributed by atoms with Gasteiger partial charge in [-0.2, -0.15) is 28.1 Å². The molecule has 0 radical (unpaired) electrons. The third kappa shape index (κ3) is 11.9. The van der Waals surface area contributed by atoms with Crippen LogP contribution >= 0.6 is 11.6 Å². The number of carbonyl (C=O) groups excluding carboxylic acids is 3. The van der Waals surface area contributed by atoms with Gasteiger partial charge in [0.25, 0.3) is 5.91 Å². The number of nitrogens with zero attached hydrogens (tertiary/aromatic N) is 4. The summed E-state index contributed by atoms with van der Waals surface area (Å²) < 4.78 is 43.6. The minimum Gasteiger partial charge on any atom is -0.480 e. The molecule has 20 heteroatoms. The first-order valence-corrected chi connectivity index (χ1v) is 17.3. The number of aromatic nitrogens is 4. The van der Waals surface area contributed by atoms with Crippen LogP contribution in [0, 0.1) is 0 Å². The molecule has 55 heavy (non-hydrogen) atoms. The first-order valence-electron chi connectivity index (χ1n) is 16.9. The number of carboxylic acid groups (broad SMARTS) is 1. The van der Waals surface area contributed by atoms with Crippen molar-refractivity contribution in [3.63, 3.8) is 0 Å². The number of aliphatic carboxylic acids is 1. The summed E-state index contributed by atoms with van der Waals surface area (Å²) in [6, 6.07) is 13.9. The molecule has 1 saturated carbocycles. The summed E-state index contributed by atoms with van der Waals surface area (Å²) in [5.74, 6) is -3.72. The van der Waals surface area contributed by atoms with Crippen LogP contribution in [0.4, 0.5) is 42.3 Å². The Bertz CT molecular complexity index is 1980. The van der Waals surface area contributed by atoms with Gasteiger partial charge >= 0.3 is 30.0 Å². The lowest BCUT2D eigenvalue weighted by molar-refractivity contribution is -0.154. The van der Waals surface area contributed by atoms with Gasteiger partial charge in [-0.25, -0.2) is 9.78 Å². The van der Waals surface area contributed by atoms with Crippen molar-refractivity contribution in [1.82, 2.24) is 30.6 Å². The second kappa shape index (κ2) is 17.7. The van der Waals surface area contributed by atoms with E-state index in [2.05, 4.69) is 51.8 Å². The Morgan fingerprint density at radius 2 is 1.60 bits per heavy atom. The monoisotopic (exact) mass is 784 g/mol. The van der Waals surface area contributed by atoms with Gasteiger partial charge in [0.05, 0.1) is 17.4 Å². The molecule has 5 rings (SSSR count). The maximum Gasteiger partial charge on any atom is 0.422 e. The molecule has 1 fully saturated rings. The van der Waals surface area contributed by atoms with E-state index in [1.54, 1.807) is 24.3 Å². The van der Waals surface area contributed by atoms with Crippen molar-refractivity contribution in [3.8, 4) is 6.01 Å². The van der Waals surface area contributed by atoms with Crippen LogP contribution in [0.3, 0.4) is 0 Å². The van der Waals surface area contributed by atoms with Gasteiger partial charge in [0.15, 0.2) is 6.61 Å². The number of rotatable bonds is 17. The standard InChI is InChI=1S/C35H36ClF3N10O6/c1-2-16-40-26-12-11-24(18-42-26)43-29(52)28(51)41-17-13-25(30(53)54)45-27(50)20-3-9-23(10-4-20)44-31-46-32(48-33(47-31)55-19-35(37,38)39)49-34(14-15-34)21-5-7-22(36)8-6-21/h3-12,18,25H,2,13-17,19H2,1H3,(H,40,42)(H,41,51)(H,43,52)(H,45,50)(H,53,54)(H2,44,46,47,48,49)/t25-/m0/s1. The summed E-state index contributed by atoms with van der Waals surface area (Å²) in [6.07, 6.45) is -1.21. The molecule has 3 amide bonds. The van der Waals surface area contributed by atoms with Gasteiger partial charge in [0, 0.05) is 29.4 Å². The Balaban J connectivity index is 1.16. The molecular formula is C35H36ClF3N10O6. The Kier molecular flexibility index (Phi) is 12.9. The SMILES string of the molecule is CCCNc1ccc(NC(=O)C(=O)NCC[C@H](NC(=O)c2ccc(Nc3nc(NC4(c5ccc(Cl)cc5)CC4)nc(OCC(F)(F)F)n3)cc2)C(=O)O)cn1. The van der Waals surface area contributed by atoms with E-state index in [1.165, 1.54) is 30.5 Å². The molecule has 2 aromatic heterocycles. The highest BCUT2D eigenvalue weighted by molar-refractivity contribution is 6.39. The molecule has 1 aliphatic rings. The number of hydrogen-bond acceptors (Lipinski definition) is 12. The van der Waals surface area contributed by atoms with Crippen LogP contribution in [-0.2, 0) is 19.9 Å². The highest BCUT2D eigenvalue weighted by Crippen LogP contribution is 2.48. The highest BCUT2D eigenvalue weighted by Gasteiger charge is 2.45. The van der Waals surface area contributed by atoms with Gasteiger partial charge in [-0.3, -0.25) is 14.4 Å². The Morgan fingerprint density at radius 1 is 0.909 bits per heavy atom. The zero-order valence-corrected chi connectivity index (χ0v) is 29.9. The van der Waals surface area contributed by atoms with E-state index < -0.39 is 54.1 Å². The average molecular weight is 785 g/mol. The molecule has 0 saturated heterocycles. The normalized spacial score (nSPS) is 13.5. The molecule has 1 aliphatic carbocycles. The fourth-order valence-corrected chi connectivity index (χ4v) is 5.16. The van der Waals surface area contributed by atoms with Crippen molar-refractivity contribution in [2.45, 2.75) is 50.4 Å². The second-order valence-electron chi connectivity index (χ2n) is 12.3. The third-order valence-corrected chi connectivity index (χ3v) is 8.24. The number of alkyl halides is 3. The molecule has 1 atom stereocenters. The van der Waals surface area contributed by atoms with E-state index in [9.17, 15) is 37.5 Å². The van der Waals surface area contributed by atoms with Crippen LogP contribution in [0.15, 0.2) is 66.9 Å². The number of pyridine rings is 1. The summed E-state index contributed by atoms with van der Waals surface area (Å²) in [6.45, 7) is 0.837. The topological polar surface area (TPSA) is 221 Å². The van der Waals surface area contributed by atoms with Gasteiger partial charge in [-0.1, -0.05) is 30.7 Å². The minimum atomic E-state index is -4.65. The lowest BCUT2D eigenvalue weighted by Gasteiger charge is -2.19. The van der Waals surface area contributed by atoms with Crippen molar-refractivity contribution < 1.29 is 42.2 Å². The number of hydrogen-bond donors (Lipinski definition) is 7. The lowest BCUT2D eigenvalue weighted by Crippen LogP contribution is -2.44. The van der Waals surface area contributed by atoms with Gasteiger partial charge in [0.2, 0.25) is 11.9 Å². The summed E-state index contributed by atoms with van der Waals surface area (Å²) in [7, 11) is 0. The van der Waals surface area contributed by atoms with E-state index in [1.807, 2.05) is 19.1 Å². The molecule has 16 nitrogen and oxygen atoms in total. The fraction of sp³-hybridized carbons (Fsp3) is 0.314. The molecule has 2 aromatic carbocycles. The van der Waals surface area contributed by atoms with Crippen molar-refractivity contribution in [2.75, 3.05) is 41.0 Å². The van der Waals surface area contributed by atoms with Gasteiger partial charge in [-0.15, -0.1) is 0 Å². The maximum absolute atomic E-state index is 12.9. The Labute approximate surface area is 317 Å². The van der Waals surface area contributed by atoms with Crippen molar-refractivity contribution >= 4 is 64.4 Å². The third-order valence-electron chi connectivity index (χ3n) is 7.99. The predicted octanol–water partition coefficient (Wildman–Crippen LogP) is 4.86. The highest BCUT2D eigenvalue weighted by atomic mass is 35.5. The van der Waals surface area contributed by atoms with Crippen LogP contribution in [0.5, 0.6) is 6.01 Å². The minimum absolute atomic E-state index is 0.0443. The molecule has 290 valence electrons. The van der Waals surface area contributed by atoms with Gasteiger partial charge in [-0.05, 0) is 79.8 Å². The maximum atomic E-state index is 12.9. The summed E-state index contributed by atoms with van der Waals surface area (Å²) in [5, 5.41) is 26.4. The largest absolute Gasteiger partial charge is 0.480 e. The smallest absolute Gasteiger partial charge is 0.422 e.